The fourth-order valence-corrected chi connectivity index (χ4v) is 1.25. The van der Waals surface area contributed by atoms with Crippen molar-refractivity contribution in [1.29, 1.82) is 0 Å². The summed E-state index contributed by atoms with van der Waals surface area (Å²) in [5.41, 5.74) is -5.65. The summed E-state index contributed by atoms with van der Waals surface area (Å²) < 4.78 is 93.2. The predicted molar refractivity (Wildman–Crippen MR) is 50.8 cm³/mol. The maximum Gasteiger partial charge on any atom is 0.485 e. The van der Waals surface area contributed by atoms with E-state index >= 15 is 0 Å². The van der Waals surface area contributed by atoms with Crippen LogP contribution in [-0.2, 0) is 27.4 Å². The second-order valence-electron chi connectivity index (χ2n) is 3.15. The highest BCUT2D eigenvalue weighted by Crippen LogP contribution is 2.20. The Morgan fingerprint density at radius 1 is 1.26 bits per heavy atom. The van der Waals surface area contributed by atoms with Crippen molar-refractivity contribution in [2.24, 2.45) is 7.05 Å². The lowest BCUT2D eigenvalue weighted by Gasteiger charge is -2.08. The monoisotopic (exact) mass is 328 g/mol. The Morgan fingerprint density at radius 3 is 1.74 bits per heavy atom. The first-order valence-corrected chi connectivity index (χ1v) is 6.97. The molecule has 0 spiro atoms. The minimum atomic E-state index is -6.09. The lowest BCUT2D eigenvalue weighted by atomic mass is 10.7. The van der Waals surface area contributed by atoms with Gasteiger partial charge in [0.25, 0.3) is 10.9 Å². The van der Waals surface area contributed by atoms with Crippen LogP contribution in [-0.4, -0.2) is 31.9 Å². The van der Waals surface area contributed by atoms with E-state index in [9.17, 15) is 25.5 Å². The Balaban J connectivity index is 0.000000362. The standard InChI is InChI=1S/C5H7FN2O2S.CHF3O3S/c1-4-7-5(3-8(4)2)11(6,9)10;2-1(3,4)8(5,6)7/h3H,1-2H3;(H,5,6,7). The van der Waals surface area contributed by atoms with Gasteiger partial charge in [-0.2, -0.15) is 21.6 Å². The molecule has 1 aromatic rings. The quantitative estimate of drug-likeness (QED) is 0.253. The topological polar surface area (TPSA) is 111 Å². The van der Waals surface area contributed by atoms with Gasteiger partial charge in [0.05, 0.1) is 7.05 Å². The van der Waals surface area contributed by atoms with Gasteiger partial charge < -0.3 is 4.55 Å². The van der Waals surface area contributed by atoms with Crippen LogP contribution in [0.2, 0.25) is 0 Å². The Bertz CT molecular complexity index is 626. The molecule has 7 nitrogen and oxygen atoms in total. The Hall–Kier alpha value is -1.21. The second-order valence-corrected chi connectivity index (χ2v) is 5.84. The summed E-state index contributed by atoms with van der Waals surface area (Å²) in [5, 5.41) is -0.405. The van der Waals surface area contributed by atoms with Crippen molar-refractivity contribution < 1.29 is 43.0 Å². The molecule has 19 heavy (non-hydrogen) atoms. The van der Waals surface area contributed by atoms with Crippen molar-refractivity contribution in [3.8, 4) is 0 Å². The summed E-state index contributed by atoms with van der Waals surface area (Å²) >= 11 is 0. The van der Waals surface area contributed by atoms with Gasteiger partial charge in [-0.15, -0.1) is 0 Å². The molecular formula is C6H8F4N2O5S2. The molecule has 0 aliphatic heterocycles. The molecule has 0 saturated carbocycles. The molecule has 1 N–H and O–H groups in total. The molecule has 0 atom stereocenters. The second kappa shape index (κ2) is 5.42. The zero-order valence-corrected chi connectivity index (χ0v) is 11.0. The van der Waals surface area contributed by atoms with E-state index in [-0.39, 0.29) is 0 Å². The lowest BCUT2D eigenvalue weighted by Crippen LogP contribution is -2.28. The molecular weight excluding hydrogens is 320 g/mol. The number of hydrogen-bond acceptors (Lipinski definition) is 5. The van der Waals surface area contributed by atoms with Crippen LogP contribution in [0.4, 0.5) is 17.1 Å². The summed E-state index contributed by atoms with van der Waals surface area (Å²) in [5.74, 6) is 0.584. The maximum absolute atomic E-state index is 12.2. The van der Waals surface area contributed by atoms with Crippen LogP contribution in [0.15, 0.2) is 11.2 Å². The summed E-state index contributed by atoms with van der Waals surface area (Å²) in [4.78, 5) is 2.38. The SMILES string of the molecule is Cc1[nH]c(S(=O)(=O)F)c[n+]1C.O=S(=O)([O-])C(F)(F)F. The third-order valence-corrected chi connectivity index (χ3v) is 2.99. The number of halogens is 4. The summed E-state index contributed by atoms with van der Waals surface area (Å²) in [6, 6.07) is 0. The number of nitrogens with one attached hydrogen (secondary N) is 1. The zero-order chi connectivity index (χ0) is 15.6. The zero-order valence-electron chi connectivity index (χ0n) is 9.39. The molecule has 1 aromatic heterocycles. The molecule has 0 radical (unpaired) electrons. The first-order valence-electron chi connectivity index (χ1n) is 4.18. The molecule has 0 amide bonds. The molecule has 0 aliphatic carbocycles. The van der Waals surface area contributed by atoms with Gasteiger partial charge in [0.1, 0.15) is 0 Å². The van der Waals surface area contributed by atoms with Gasteiger partial charge in [0.15, 0.2) is 16.3 Å². The van der Waals surface area contributed by atoms with Crippen LogP contribution in [0.1, 0.15) is 5.82 Å². The number of imidazole rings is 1. The Kier molecular flexibility index (Phi) is 5.08. The van der Waals surface area contributed by atoms with E-state index in [1.54, 1.807) is 14.0 Å². The van der Waals surface area contributed by atoms with Gasteiger partial charge in [-0.1, -0.05) is 3.89 Å². The van der Waals surface area contributed by atoms with Crippen molar-refractivity contribution in [3.05, 3.63) is 12.0 Å². The Morgan fingerprint density at radius 2 is 1.63 bits per heavy atom. The van der Waals surface area contributed by atoms with Gasteiger partial charge in [-0.25, -0.2) is 18.0 Å². The van der Waals surface area contributed by atoms with Gasteiger partial charge in [0, 0.05) is 6.92 Å². The molecule has 1 heterocycles. The number of aryl methyl sites for hydroxylation is 2. The summed E-state index contributed by atoms with van der Waals surface area (Å²) in [6.07, 6.45) is 1.19. The highest BCUT2D eigenvalue weighted by atomic mass is 32.3. The van der Waals surface area contributed by atoms with Gasteiger partial charge >= 0.3 is 15.7 Å². The smallest absolute Gasteiger partial charge is 0.485 e. The molecule has 0 saturated heterocycles. The average molecular weight is 328 g/mol. The largest absolute Gasteiger partial charge is 0.741 e. The number of rotatable bonds is 1. The molecule has 0 aromatic carbocycles. The third kappa shape index (κ3) is 5.52. The van der Waals surface area contributed by atoms with E-state index in [0.29, 0.717) is 5.82 Å². The average Bonchev–Trinajstić information content (AvgIpc) is 2.43. The van der Waals surface area contributed by atoms with Gasteiger partial charge in [0.2, 0.25) is 0 Å². The fourth-order valence-electron chi connectivity index (χ4n) is 0.695. The molecule has 0 bridgehead atoms. The lowest BCUT2D eigenvalue weighted by molar-refractivity contribution is -0.677. The first-order chi connectivity index (χ1) is 8.16. The van der Waals surface area contributed by atoms with Crippen LogP contribution < -0.4 is 4.57 Å². The number of aromatic nitrogens is 2. The van der Waals surface area contributed by atoms with Crippen LogP contribution in [0, 0.1) is 6.92 Å². The molecule has 112 valence electrons. The van der Waals surface area contributed by atoms with Gasteiger partial charge in [-0.05, 0) is 0 Å². The molecule has 1 rings (SSSR count). The minimum absolute atomic E-state index is 0.405. The van der Waals surface area contributed by atoms with Gasteiger partial charge in [-0.3, -0.25) is 0 Å². The van der Waals surface area contributed by atoms with Crippen molar-refractivity contribution >= 4 is 20.3 Å². The number of nitrogens with zero attached hydrogens (tertiary/aromatic N) is 1. The van der Waals surface area contributed by atoms with Crippen LogP contribution in [0.3, 0.4) is 0 Å². The number of H-pyrrole nitrogens is 1. The summed E-state index contributed by atoms with van der Waals surface area (Å²) in [7, 11) is -9.05. The van der Waals surface area contributed by atoms with E-state index in [4.69, 9.17) is 13.0 Å². The third-order valence-electron chi connectivity index (χ3n) is 1.69. The molecule has 0 unspecified atom stereocenters. The molecule has 0 aliphatic rings. The van der Waals surface area contributed by atoms with Crippen LogP contribution >= 0.6 is 0 Å². The van der Waals surface area contributed by atoms with E-state index in [0.717, 1.165) is 0 Å². The van der Waals surface area contributed by atoms with Crippen molar-refractivity contribution in [2.75, 3.05) is 0 Å². The van der Waals surface area contributed by atoms with E-state index in [2.05, 4.69) is 4.98 Å². The van der Waals surface area contributed by atoms with Crippen LogP contribution in [0.5, 0.6) is 0 Å². The first kappa shape index (κ1) is 17.8. The van der Waals surface area contributed by atoms with Crippen molar-refractivity contribution in [1.82, 2.24) is 4.98 Å². The van der Waals surface area contributed by atoms with E-state index in [1.807, 2.05) is 0 Å². The highest BCUT2D eigenvalue weighted by molar-refractivity contribution is 7.86. The van der Waals surface area contributed by atoms with E-state index < -0.39 is 30.9 Å². The highest BCUT2D eigenvalue weighted by Gasteiger charge is 2.36. The fraction of sp³-hybridized carbons (Fsp3) is 0.500. The Labute approximate surface area is 105 Å². The number of hydrogen-bond donors (Lipinski definition) is 1. The summed E-state index contributed by atoms with van der Waals surface area (Å²) in [6.45, 7) is 1.65. The predicted octanol–water partition coefficient (Wildman–Crippen LogP) is -0.143. The minimum Gasteiger partial charge on any atom is -0.741 e. The molecule has 0 fully saturated rings. The van der Waals surface area contributed by atoms with Crippen LogP contribution in [0.25, 0.3) is 0 Å². The normalized spacial score (nSPS) is 12.8. The number of alkyl halides is 3. The molecule has 13 heteroatoms. The number of aromatic amines is 1. The maximum atomic E-state index is 12.2. The van der Waals surface area contributed by atoms with Crippen molar-refractivity contribution in [2.45, 2.75) is 17.5 Å². The van der Waals surface area contributed by atoms with E-state index in [1.165, 1.54) is 10.8 Å². The van der Waals surface area contributed by atoms with Crippen molar-refractivity contribution in [3.63, 3.8) is 0 Å².